The van der Waals surface area contributed by atoms with Crippen LogP contribution in [0.15, 0.2) is 84.2 Å². The van der Waals surface area contributed by atoms with E-state index in [2.05, 4.69) is 51.1 Å². The SMILES string of the molecule is CC(C)(C)c1ccc(/C=C2/CCCc3c2nc2ccccc2c3C(=O)OCc2csc(-c3ccccc3)n2)cc1. The second-order valence-corrected chi connectivity index (χ2v) is 12.2. The third-order valence-electron chi connectivity index (χ3n) is 7.42. The van der Waals surface area contributed by atoms with Crippen LogP contribution < -0.4 is 0 Å². The number of thiazole rings is 1. The number of rotatable bonds is 5. The molecule has 40 heavy (non-hydrogen) atoms. The van der Waals surface area contributed by atoms with Gasteiger partial charge in [0.05, 0.1) is 22.5 Å². The summed E-state index contributed by atoms with van der Waals surface area (Å²) in [4.78, 5) is 23.4. The number of fused-ring (bicyclic) bond motifs is 2. The van der Waals surface area contributed by atoms with Gasteiger partial charge in [-0.25, -0.2) is 14.8 Å². The van der Waals surface area contributed by atoms with Crippen LogP contribution >= 0.6 is 11.3 Å². The number of carbonyl (C=O) groups is 1. The van der Waals surface area contributed by atoms with Gasteiger partial charge in [-0.05, 0) is 59.1 Å². The van der Waals surface area contributed by atoms with E-state index in [9.17, 15) is 4.79 Å². The minimum Gasteiger partial charge on any atom is -0.456 e. The molecular weight excluding hydrogens is 512 g/mol. The molecule has 0 amide bonds. The lowest BCUT2D eigenvalue weighted by Crippen LogP contribution is -2.15. The van der Waals surface area contributed by atoms with Crippen LogP contribution in [0, 0.1) is 0 Å². The van der Waals surface area contributed by atoms with E-state index in [1.165, 1.54) is 5.56 Å². The number of esters is 1. The van der Waals surface area contributed by atoms with E-state index in [0.717, 1.165) is 68.8 Å². The molecule has 1 aliphatic carbocycles. The Kier molecular flexibility index (Phi) is 7.07. The first-order valence-corrected chi connectivity index (χ1v) is 14.6. The number of ether oxygens (including phenoxy) is 1. The highest BCUT2D eigenvalue weighted by atomic mass is 32.1. The van der Waals surface area contributed by atoms with Gasteiger partial charge >= 0.3 is 5.97 Å². The number of allylic oxidation sites excluding steroid dienone is 1. The number of para-hydroxylation sites is 1. The van der Waals surface area contributed by atoms with Crippen LogP contribution in [-0.4, -0.2) is 15.9 Å². The molecule has 0 fully saturated rings. The van der Waals surface area contributed by atoms with Crippen molar-refractivity contribution in [3.8, 4) is 10.6 Å². The van der Waals surface area contributed by atoms with Crippen LogP contribution in [0.4, 0.5) is 0 Å². The van der Waals surface area contributed by atoms with Crippen molar-refractivity contribution in [1.29, 1.82) is 0 Å². The molecule has 1 aliphatic rings. The topological polar surface area (TPSA) is 52.1 Å². The van der Waals surface area contributed by atoms with Crippen LogP contribution in [0.1, 0.15) is 72.0 Å². The molecule has 0 radical (unpaired) electrons. The fraction of sp³-hybridized carbons (Fsp3) is 0.229. The predicted octanol–water partition coefficient (Wildman–Crippen LogP) is 8.89. The first kappa shape index (κ1) is 26.1. The van der Waals surface area contributed by atoms with Crippen molar-refractivity contribution in [3.63, 3.8) is 0 Å². The molecule has 0 spiro atoms. The predicted molar refractivity (Wildman–Crippen MR) is 164 cm³/mol. The standard InChI is InChI=1S/C35H32N2O2S/c1-35(2,3)26-18-16-23(17-19-26)20-25-12-9-14-29-31(28-13-7-8-15-30(28)37-32(25)29)34(38)39-21-27-22-40-33(36-27)24-10-5-4-6-11-24/h4-8,10-11,13,15-20,22H,9,12,14,21H2,1-3H3/b25-20-. The number of aromatic nitrogens is 2. The second kappa shape index (κ2) is 10.8. The van der Waals surface area contributed by atoms with Crippen LogP contribution in [0.5, 0.6) is 0 Å². The van der Waals surface area contributed by atoms with Crippen molar-refractivity contribution in [2.45, 2.75) is 52.1 Å². The van der Waals surface area contributed by atoms with Crippen LogP contribution in [0.2, 0.25) is 0 Å². The summed E-state index contributed by atoms with van der Waals surface area (Å²) in [6.07, 6.45) is 4.91. The maximum atomic E-state index is 13.7. The molecule has 5 heteroatoms. The van der Waals surface area contributed by atoms with Gasteiger partial charge in [0.2, 0.25) is 0 Å². The summed E-state index contributed by atoms with van der Waals surface area (Å²) >= 11 is 1.56. The fourth-order valence-electron chi connectivity index (χ4n) is 5.29. The van der Waals surface area contributed by atoms with Gasteiger partial charge in [0.15, 0.2) is 0 Å². The van der Waals surface area contributed by atoms with E-state index >= 15 is 0 Å². The molecule has 0 N–H and O–H groups in total. The highest BCUT2D eigenvalue weighted by Gasteiger charge is 2.26. The Bertz CT molecular complexity index is 1710. The number of pyridine rings is 1. The fourth-order valence-corrected chi connectivity index (χ4v) is 6.10. The number of carbonyl (C=O) groups excluding carboxylic acids is 1. The van der Waals surface area contributed by atoms with Crippen molar-refractivity contribution in [2.24, 2.45) is 0 Å². The second-order valence-electron chi connectivity index (χ2n) is 11.3. The summed E-state index contributed by atoms with van der Waals surface area (Å²) in [6.45, 7) is 6.81. The van der Waals surface area contributed by atoms with Gasteiger partial charge in [-0.2, -0.15) is 0 Å². The van der Waals surface area contributed by atoms with Crippen molar-refractivity contribution in [2.75, 3.05) is 0 Å². The number of hydrogen-bond donors (Lipinski definition) is 0. The average Bonchev–Trinajstić information content (AvgIpc) is 3.44. The van der Waals surface area contributed by atoms with Crippen molar-refractivity contribution < 1.29 is 9.53 Å². The molecule has 4 nitrogen and oxygen atoms in total. The third-order valence-corrected chi connectivity index (χ3v) is 8.36. The van der Waals surface area contributed by atoms with Crippen LogP contribution in [0.3, 0.4) is 0 Å². The zero-order valence-electron chi connectivity index (χ0n) is 23.1. The van der Waals surface area contributed by atoms with E-state index in [0.29, 0.717) is 5.56 Å². The Morgan fingerprint density at radius 1 is 0.925 bits per heavy atom. The van der Waals surface area contributed by atoms with Gasteiger partial charge in [0.1, 0.15) is 11.6 Å². The summed E-state index contributed by atoms with van der Waals surface area (Å²) in [7, 11) is 0. The summed E-state index contributed by atoms with van der Waals surface area (Å²) in [5, 5.41) is 3.72. The minimum absolute atomic E-state index is 0.112. The lowest BCUT2D eigenvalue weighted by molar-refractivity contribution is 0.0469. The van der Waals surface area contributed by atoms with E-state index in [1.807, 2.05) is 60.0 Å². The number of hydrogen-bond acceptors (Lipinski definition) is 5. The molecule has 5 aromatic rings. The van der Waals surface area contributed by atoms with Crippen LogP contribution in [0.25, 0.3) is 33.1 Å². The van der Waals surface area contributed by atoms with E-state index < -0.39 is 0 Å². The molecule has 0 saturated heterocycles. The van der Waals surface area contributed by atoms with Gasteiger partial charge in [0, 0.05) is 16.3 Å². The summed E-state index contributed by atoms with van der Waals surface area (Å²) < 4.78 is 5.89. The number of benzene rings is 3. The molecule has 0 saturated carbocycles. The molecular formula is C35H32N2O2S. The summed E-state index contributed by atoms with van der Waals surface area (Å²) in [5.74, 6) is -0.320. The molecule has 2 heterocycles. The maximum absolute atomic E-state index is 13.7. The Morgan fingerprint density at radius 3 is 2.45 bits per heavy atom. The Morgan fingerprint density at radius 2 is 1.68 bits per heavy atom. The highest BCUT2D eigenvalue weighted by Crippen LogP contribution is 2.37. The molecule has 0 aliphatic heterocycles. The van der Waals surface area contributed by atoms with Gasteiger partial charge in [-0.1, -0.05) is 93.6 Å². The van der Waals surface area contributed by atoms with Gasteiger partial charge in [0.25, 0.3) is 0 Å². The molecule has 6 rings (SSSR count). The maximum Gasteiger partial charge on any atom is 0.339 e. The number of nitrogens with zero attached hydrogens (tertiary/aromatic N) is 2. The smallest absolute Gasteiger partial charge is 0.339 e. The zero-order valence-corrected chi connectivity index (χ0v) is 23.9. The van der Waals surface area contributed by atoms with Crippen molar-refractivity contribution >= 4 is 39.9 Å². The quantitative estimate of drug-likeness (QED) is 0.207. The van der Waals surface area contributed by atoms with Gasteiger partial charge < -0.3 is 4.74 Å². The normalized spacial score (nSPS) is 14.3. The highest BCUT2D eigenvalue weighted by molar-refractivity contribution is 7.13. The molecule has 2 aromatic heterocycles. The lowest BCUT2D eigenvalue weighted by Gasteiger charge is -2.23. The Balaban J connectivity index is 1.32. The Hall–Kier alpha value is -4.09. The minimum atomic E-state index is -0.320. The van der Waals surface area contributed by atoms with E-state index in [4.69, 9.17) is 14.7 Å². The molecule has 0 atom stereocenters. The monoisotopic (exact) mass is 544 g/mol. The summed E-state index contributed by atoms with van der Waals surface area (Å²) in [6, 6.07) is 26.7. The third kappa shape index (κ3) is 5.34. The summed E-state index contributed by atoms with van der Waals surface area (Å²) in [5.41, 5.74) is 8.88. The zero-order chi connectivity index (χ0) is 27.7. The van der Waals surface area contributed by atoms with E-state index in [1.54, 1.807) is 11.3 Å². The first-order chi connectivity index (χ1) is 19.4. The Labute approximate surface area is 239 Å². The van der Waals surface area contributed by atoms with Crippen LogP contribution in [-0.2, 0) is 23.2 Å². The molecule has 0 unspecified atom stereocenters. The van der Waals surface area contributed by atoms with Gasteiger partial charge in [-0.15, -0.1) is 11.3 Å². The van der Waals surface area contributed by atoms with E-state index in [-0.39, 0.29) is 18.0 Å². The van der Waals surface area contributed by atoms with Gasteiger partial charge in [-0.3, -0.25) is 0 Å². The van der Waals surface area contributed by atoms with Crippen molar-refractivity contribution in [3.05, 3.63) is 118 Å². The molecule has 0 bridgehead atoms. The first-order valence-electron chi connectivity index (χ1n) is 13.8. The molecule has 200 valence electrons. The molecule has 3 aromatic carbocycles. The average molecular weight is 545 g/mol. The van der Waals surface area contributed by atoms with Crippen molar-refractivity contribution in [1.82, 2.24) is 9.97 Å². The largest absolute Gasteiger partial charge is 0.456 e. The lowest BCUT2D eigenvalue weighted by atomic mass is 9.85.